The van der Waals surface area contributed by atoms with Gasteiger partial charge in [-0.25, -0.2) is 0 Å². The Bertz CT molecular complexity index is 373. The average Bonchev–Trinajstić information content (AvgIpc) is 2.68. The largest absolute Gasteiger partial charge is 0.495 e. The van der Waals surface area contributed by atoms with E-state index < -0.39 is 0 Å². The number of nitrogens with one attached hydrogen (secondary N) is 2. The Hall–Kier alpha value is -1.22. The summed E-state index contributed by atoms with van der Waals surface area (Å²) in [5.74, 6) is 0.920. The van der Waals surface area contributed by atoms with Crippen LogP contribution in [-0.2, 0) is 0 Å². The molecule has 2 rings (SSSR count). The molecule has 0 aliphatic carbocycles. The molecule has 1 aliphatic rings. The van der Waals surface area contributed by atoms with E-state index in [0.29, 0.717) is 12.1 Å². The van der Waals surface area contributed by atoms with E-state index in [-0.39, 0.29) is 0 Å². The zero-order valence-electron chi connectivity index (χ0n) is 12.1. The highest BCUT2D eigenvalue weighted by Crippen LogP contribution is 2.25. The summed E-state index contributed by atoms with van der Waals surface area (Å²) in [6.07, 6.45) is 6.53. The van der Waals surface area contributed by atoms with Gasteiger partial charge in [-0.05, 0) is 44.9 Å². The second-order valence-electron chi connectivity index (χ2n) is 5.48. The molecule has 0 saturated carbocycles. The van der Waals surface area contributed by atoms with Gasteiger partial charge < -0.3 is 15.4 Å². The summed E-state index contributed by atoms with van der Waals surface area (Å²) in [5, 5.41) is 7.22. The molecule has 0 spiro atoms. The highest BCUT2D eigenvalue weighted by molar-refractivity contribution is 5.56. The fraction of sp³-hybridized carbons (Fsp3) is 0.625. The molecular weight excluding hydrogens is 236 g/mol. The number of hydrogen-bond donors (Lipinski definition) is 2. The van der Waals surface area contributed by atoms with Crippen LogP contribution in [0.25, 0.3) is 0 Å². The normalized spacial score (nSPS) is 21.5. The van der Waals surface area contributed by atoms with E-state index in [0.717, 1.165) is 17.9 Å². The maximum Gasteiger partial charge on any atom is 0.141 e. The van der Waals surface area contributed by atoms with E-state index in [9.17, 15) is 0 Å². The van der Waals surface area contributed by atoms with E-state index in [1.54, 1.807) is 7.11 Å². The summed E-state index contributed by atoms with van der Waals surface area (Å²) in [4.78, 5) is 0. The molecule has 0 radical (unpaired) electrons. The lowest BCUT2D eigenvalue weighted by atomic mass is 10.0. The molecule has 2 atom stereocenters. The third kappa shape index (κ3) is 4.43. The van der Waals surface area contributed by atoms with Gasteiger partial charge in [0.1, 0.15) is 5.75 Å². The second kappa shape index (κ2) is 7.39. The number of benzene rings is 1. The van der Waals surface area contributed by atoms with Crippen molar-refractivity contribution in [1.29, 1.82) is 0 Å². The van der Waals surface area contributed by atoms with Crippen molar-refractivity contribution in [3.05, 3.63) is 24.3 Å². The van der Waals surface area contributed by atoms with Crippen LogP contribution in [0.4, 0.5) is 5.69 Å². The van der Waals surface area contributed by atoms with Gasteiger partial charge in [0.05, 0.1) is 12.8 Å². The number of methoxy groups -OCH3 is 1. The lowest BCUT2D eigenvalue weighted by Gasteiger charge is -2.23. The molecule has 106 valence electrons. The van der Waals surface area contributed by atoms with Gasteiger partial charge in [-0.1, -0.05) is 25.0 Å². The Balaban J connectivity index is 1.87. The van der Waals surface area contributed by atoms with Crippen LogP contribution in [-0.4, -0.2) is 25.7 Å². The molecule has 2 unspecified atom stereocenters. The number of anilines is 1. The first-order valence-corrected chi connectivity index (χ1v) is 7.42. The Morgan fingerprint density at radius 1 is 1.32 bits per heavy atom. The van der Waals surface area contributed by atoms with E-state index in [1.165, 1.54) is 32.2 Å². The summed E-state index contributed by atoms with van der Waals surface area (Å²) in [6, 6.07) is 9.23. The lowest BCUT2D eigenvalue weighted by molar-refractivity contribution is 0.414. The molecule has 3 nitrogen and oxygen atoms in total. The van der Waals surface area contributed by atoms with Gasteiger partial charge in [0, 0.05) is 12.1 Å². The molecule has 1 fully saturated rings. The van der Waals surface area contributed by atoms with E-state index in [4.69, 9.17) is 4.74 Å². The molecule has 1 aromatic carbocycles. The number of rotatable bonds is 5. The minimum Gasteiger partial charge on any atom is -0.495 e. The Morgan fingerprint density at radius 2 is 2.16 bits per heavy atom. The molecule has 1 saturated heterocycles. The Morgan fingerprint density at radius 3 is 3.00 bits per heavy atom. The lowest BCUT2D eigenvalue weighted by Crippen LogP contribution is -2.33. The van der Waals surface area contributed by atoms with Gasteiger partial charge in [0.2, 0.25) is 0 Å². The summed E-state index contributed by atoms with van der Waals surface area (Å²) in [7, 11) is 1.72. The highest BCUT2D eigenvalue weighted by Gasteiger charge is 2.15. The van der Waals surface area contributed by atoms with Crippen molar-refractivity contribution in [1.82, 2.24) is 5.32 Å². The smallest absolute Gasteiger partial charge is 0.141 e. The van der Waals surface area contributed by atoms with Crippen molar-refractivity contribution >= 4 is 5.69 Å². The number of hydrogen-bond acceptors (Lipinski definition) is 3. The number of para-hydroxylation sites is 2. The van der Waals surface area contributed by atoms with Crippen LogP contribution >= 0.6 is 0 Å². The summed E-state index contributed by atoms with van der Waals surface area (Å²) >= 11 is 0. The molecule has 0 bridgehead atoms. The standard InChI is InChI=1S/C16H26N2O/c1-13(12-14-8-4-3-7-11-17-14)18-15-9-5-6-10-16(15)19-2/h5-6,9-10,13-14,17-18H,3-4,7-8,11-12H2,1-2H3. The van der Waals surface area contributed by atoms with Crippen LogP contribution in [0.15, 0.2) is 24.3 Å². The third-order valence-electron chi connectivity index (χ3n) is 3.81. The van der Waals surface area contributed by atoms with Crippen LogP contribution in [0.3, 0.4) is 0 Å². The predicted octanol–water partition coefficient (Wildman–Crippen LogP) is 3.42. The topological polar surface area (TPSA) is 33.3 Å². The first-order valence-electron chi connectivity index (χ1n) is 7.42. The fourth-order valence-electron chi connectivity index (χ4n) is 2.82. The van der Waals surface area contributed by atoms with E-state index in [2.05, 4.69) is 23.6 Å². The molecule has 1 aliphatic heterocycles. The van der Waals surface area contributed by atoms with Crippen molar-refractivity contribution in [2.75, 3.05) is 19.0 Å². The summed E-state index contributed by atoms with van der Waals surface area (Å²) in [6.45, 7) is 3.42. The summed E-state index contributed by atoms with van der Waals surface area (Å²) in [5.41, 5.74) is 1.09. The van der Waals surface area contributed by atoms with Crippen LogP contribution in [0.1, 0.15) is 39.0 Å². The van der Waals surface area contributed by atoms with Crippen LogP contribution < -0.4 is 15.4 Å². The van der Waals surface area contributed by atoms with E-state index >= 15 is 0 Å². The van der Waals surface area contributed by atoms with Gasteiger partial charge in [-0.2, -0.15) is 0 Å². The third-order valence-corrected chi connectivity index (χ3v) is 3.81. The van der Waals surface area contributed by atoms with Gasteiger partial charge >= 0.3 is 0 Å². The van der Waals surface area contributed by atoms with Crippen LogP contribution in [0.5, 0.6) is 5.75 Å². The second-order valence-corrected chi connectivity index (χ2v) is 5.48. The molecule has 2 N–H and O–H groups in total. The van der Waals surface area contributed by atoms with Gasteiger partial charge in [-0.3, -0.25) is 0 Å². The molecule has 1 heterocycles. The predicted molar refractivity (Wildman–Crippen MR) is 81.0 cm³/mol. The van der Waals surface area contributed by atoms with Crippen molar-refractivity contribution in [3.63, 3.8) is 0 Å². The monoisotopic (exact) mass is 262 g/mol. The molecule has 0 aromatic heterocycles. The van der Waals surface area contributed by atoms with Crippen molar-refractivity contribution in [2.24, 2.45) is 0 Å². The fourth-order valence-corrected chi connectivity index (χ4v) is 2.82. The zero-order valence-corrected chi connectivity index (χ0v) is 12.1. The van der Waals surface area contributed by atoms with E-state index in [1.807, 2.05) is 18.2 Å². The quantitative estimate of drug-likeness (QED) is 0.853. The maximum absolute atomic E-state index is 5.38. The molecule has 1 aromatic rings. The first-order chi connectivity index (χ1) is 9.29. The van der Waals surface area contributed by atoms with Crippen molar-refractivity contribution < 1.29 is 4.74 Å². The van der Waals surface area contributed by atoms with Crippen molar-refractivity contribution in [3.8, 4) is 5.75 Å². The van der Waals surface area contributed by atoms with Crippen molar-refractivity contribution in [2.45, 2.75) is 51.1 Å². The zero-order chi connectivity index (χ0) is 13.5. The minimum absolute atomic E-state index is 0.451. The van der Waals surface area contributed by atoms with Gasteiger partial charge in [0.15, 0.2) is 0 Å². The maximum atomic E-state index is 5.38. The first kappa shape index (κ1) is 14.2. The molecule has 19 heavy (non-hydrogen) atoms. The number of ether oxygens (including phenoxy) is 1. The van der Waals surface area contributed by atoms with Gasteiger partial charge in [0.25, 0.3) is 0 Å². The summed E-state index contributed by atoms with van der Waals surface area (Å²) < 4.78 is 5.38. The average molecular weight is 262 g/mol. The Labute approximate surface area is 116 Å². The SMILES string of the molecule is COc1ccccc1NC(C)CC1CCCCCN1. The Kier molecular flexibility index (Phi) is 5.52. The van der Waals surface area contributed by atoms with Crippen LogP contribution in [0.2, 0.25) is 0 Å². The minimum atomic E-state index is 0.451. The van der Waals surface area contributed by atoms with Crippen LogP contribution in [0, 0.1) is 0 Å². The molecular formula is C16H26N2O. The molecule has 0 amide bonds. The van der Waals surface area contributed by atoms with Gasteiger partial charge in [-0.15, -0.1) is 0 Å². The highest BCUT2D eigenvalue weighted by atomic mass is 16.5. The molecule has 3 heteroatoms.